The Kier molecular flexibility index (Phi) is 5.25. The van der Waals surface area contributed by atoms with Crippen LogP contribution in [0.3, 0.4) is 0 Å². The van der Waals surface area contributed by atoms with Gasteiger partial charge in [-0.1, -0.05) is 48.0 Å². The van der Waals surface area contributed by atoms with Gasteiger partial charge in [0.1, 0.15) is 5.71 Å². The number of morpholine rings is 1. The first-order chi connectivity index (χ1) is 14.7. The average molecular weight is 420 g/mol. The lowest BCUT2D eigenvalue weighted by Crippen LogP contribution is -2.42. The van der Waals surface area contributed by atoms with Crippen molar-refractivity contribution in [3.63, 3.8) is 0 Å². The Balaban J connectivity index is 1.51. The predicted molar refractivity (Wildman–Crippen MR) is 121 cm³/mol. The molecule has 30 heavy (non-hydrogen) atoms. The van der Waals surface area contributed by atoms with Crippen LogP contribution >= 0.6 is 11.6 Å². The molecule has 6 heteroatoms. The van der Waals surface area contributed by atoms with Crippen molar-refractivity contribution < 1.29 is 9.53 Å². The minimum absolute atomic E-state index is 0.0755. The van der Waals surface area contributed by atoms with E-state index in [2.05, 4.69) is 17.0 Å². The second-order valence-corrected chi connectivity index (χ2v) is 7.97. The Morgan fingerprint density at radius 1 is 0.967 bits per heavy atom. The van der Waals surface area contributed by atoms with Crippen molar-refractivity contribution in [1.82, 2.24) is 4.90 Å². The number of benzene rings is 3. The van der Waals surface area contributed by atoms with Gasteiger partial charge in [0.25, 0.3) is 5.91 Å². The molecule has 0 N–H and O–H groups in total. The van der Waals surface area contributed by atoms with Gasteiger partial charge in [-0.05, 0) is 29.7 Å². The molecule has 1 fully saturated rings. The predicted octanol–water partition coefficient (Wildman–Crippen LogP) is 4.29. The van der Waals surface area contributed by atoms with E-state index in [0.717, 1.165) is 60.6 Å². The third kappa shape index (κ3) is 3.60. The molecule has 0 radical (unpaired) electrons. The molecule has 0 aromatic heterocycles. The van der Waals surface area contributed by atoms with Crippen LogP contribution in [0.25, 0.3) is 10.8 Å². The number of hydrogen-bond donors (Lipinski definition) is 0. The maximum atomic E-state index is 13.4. The van der Waals surface area contributed by atoms with Gasteiger partial charge in [-0.15, -0.1) is 0 Å². The normalized spacial score (nSPS) is 18.4. The van der Waals surface area contributed by atoms with E-state index in [0.29, 0.717) is 17.3 Å². The first-order valence-electron chi connectivity index (χ1n) is 10.2. The van der Waals surface area contributed by atoms with Crippen LogP contribution in [0, 0.1) is 0 Å². The lowest BCUT2D eigenvalue weighted by molar-refractivity contribution is -0.112. The fourth-order valence-electron chi connectivity index (χ4n) is 4.11. The van der Waals surface area contributed by atoms with E-state index in [1.54, 1.807) is 0 Å². The zero-order valence-corrected chi connectivity index (χ0v) is 17.3. The van der Waals surface area contributed by atoms with E-state index in [-0.39, 0.29) is 5.91 Å². The smallest absolute Gasteiger partial charge is 0.277 e. The van der Waals surface area contributed by atoms with E-state index in [1.807, 2.05) is 53.4 Å². The molecule has 0 saturated carbocycles. The third-order valence-corrected chi connectivity index (χ3v) is 5.93. The highest BCUT2D eigenvalue weighted by Gasteiger charge is 2.34. The molecule has 1 amide bonds. The summed E-state index contributed by atoms with van der Waals surface area (Å²) in [4.78, 5) is 22.4. The maximum Gasteiger partial charge on any atom is 0.277 e. The fraction of sp³-hybridized carbons (Fsp3) is 0.250. The highest BCUT2D eigenvalue weighted by atomic mass is 35.5. The average Bonchev–Trinajstić information content (AvgIpc) is 3.03. The zero-order valence-electron chi connectivity index (χ0n) is 16.6. The molecule has 0 spiro atoms. The van der Waals surface area contributed by atoms with E-state index in [9.17, 15) is 4.79 Å². The molecule has 2 aliphatic heterocycles. The highest BCUT2D eigenvalue weighted by Crippen LogP contribution is 2.34. The largest absolute Gasteiger partial charge is 0.379 e. The van der Waals surface area contributed by atoms with Crippen molar-refractivity contribution in [1.29, 1.82) is 0 Å². The minimum Gasteiger partial charge on any atom is -0.379 e. The summed E-state index contributed by atoms with van der Waals surface area (Å²) in [5.41, 5.74) is 2.90. The van der Waals surface area contributed by atoms with Gasteiger partial charge in [-0.2, -0.15) is 0 Å². The van der Waals surface area contributed by atoms with Crippen LogP contribution in [0.15, 0.2) is 65.7 Å². The van der Waals surface area contributed by atoms with Crippen molar-refractivity contribution in [3.05, 3.63) is 71.2 Å². The Morgan fingerprint density at radius 2 is 1.77 bits per heavy atom. The summed E-state index contributed by atoms with van der Waals surface area (Å²) >= 11 is 6.27. The number of fused-ring (bicyclic) bond motifs is 2. The fourth-order valence-corrected chi connectivity index (χ4v) is 4.28. The molecule has 0 bridgehead atoms. The second kappa shape index (κ2) is 8.19. The topological polar surface area (TPSA) is 45.1 Å². The Labute approximate surface area is 180 Å². The minimum atomic E-state index is -0.0755. The molecule has 5 rings (SSSR count). The number of amides is 1. The summed E-state index contributed by atoms with van der Waals surface area (Å²) in [6.45, 7) is 4.70. The van der Waals surface area contributed by atoms with Crippen molar-refractivity contribution in [3.8, 4) is 0 Å². The summed E-state index contributed by atoms with van der Waals surface area (Å²) in [7, 11) is 0. The number of carbonyl (C=O) groups is 1. The first kappa shape index (κ1) is 19.2. The SMILES string of the molecule is O=C1C(=Nc2cccc3ccccc23)c2cc(Cl)ccc2N1CCN1CCOCC1. The van der Waals surface area contributed by atoms with Gasteiger partial charge in [-0.3, -0.25) is 9.69 Å². The summed E-state index contributed by atoms with van der Waals surface area (Å²) < 4.78 is 5.42. The van der Waals surface area contributed by atoms with Crippen LogP contribution in [-0.2, 0) is 9.53 Å². The summed E-state index contributed by atoms with van der Waals surface area (Å²) in [5.74, 6) is -0.0755. The number of ether oxygens (including phenoxy) is 1. The molecule has 2 heterocycles. The van der Waals surface area contributed by atoms with E-state index < -0.39 is 0 Å². The molecule has 0 unspecified atom stereocenters. The third-order valence-electron chi connectivity index (χ3n) is 5.69. The van der Waals surface area contributed by atoms with Gasteiger partial charge in [0, 0.05) is 42.2 Å². The standard InChI is InChI=1S/C24H22ClN3O2/c25-18-8-9-22-20(16-18)23(24(29)28(22)11-10-27-12-14-30-15-13-27)26-21-7-3-5-17-4-1-2-6-19(17)21/h1-9,16H,10-15H2. The Bertz CT molecular complexity index is 1130. The quantitative estimate of drug-likeness (QED) is 0.633. The second-order valence-electron chi connectivity index (χ2n) is 7.53. The lowest BCUT2D eigenvalue weighted by atomic mass is 10.1. The number of nitrogens with zero attached hydrogens (tertiary/aromatic N) is 3. The van der Waals surface area contributed by atoms with Gasteiger partial charge in [-0.25, -0.2) is 4.99 Å². The number of halogens is 1. The van der Waals surface area contributed by atoms with E-state index >= 15 is 0 Å². The molecule has 3 aromatic carbocycles. The van der Waals surface area contributed by atoms with Crippen molar-refractivity contribution in [2.45, 2.75) is 0 Å². The number of aliphatic imine (C=N–C) groups is 1. The summed E-state index contributed by atoms with van der Waals surface area (Å²) in [5, 5.41) is 2.72. The number of anilines is 1. The molecular formula is C24H22ClN3O2. The van der Waals surface area contributed by atoms with Crippen molar-refractivity contribution >= 4 is 45.4 Å². The van der Waals surface area contributed by atoms with Crippen LogP contribution in [0.2, 0.25) is 5.02 Å². The van der Waals surface area contributed by atoms with E-state index in [1.165, 1.54) is 0 Å². The highest BCUT2D eigenvalue weighted by molar-refractivity contribution is 6.55. The van der Waals surface area contributed by atoms with E-state index in [4.69, 9.17) is 21.3 Å². The Hall–Kier alpha value is -2.73. The van der Waals surface area contributed by atoms with Crippen LogP contribution in [0.4, 0.5) is 11.4 Å². The van der Waals surface area contributed by atoms with Crippen LogP contribution < -0.4 is 4.90 Å². The maximum absolute atomic E-state index is 13.4. The number of carbonyl (C=O) groups excluding carboxylic acids is 1. The summed E-state index contributed by atoms with van der Waals surface area (Å²) in [6, 6.07) is 19.6. The van der Waals surface area contributed by atoms with Crippen molar-refractivity contribution in [2.24, 2.45) is 4.99 Å². The molecular weight excluding hydrogens is 398 g/mol. The van der Waals surface area contributed by atoms with Gasteiger partial charge >= 0.3 is 0 Å². The van der Waals surface area contributed by atoms with Gasteiger partial charge in [0.05, 0.1) is 24.6 Å². The number of hydrogen-bond acceptors (Lipinski definition) is 4. The molecule has 1 saturated heterocycles. The zero-order chi connectivity index (χ0) is 20.5. The van der Waals surface area contributed by atoms with Gasteiger partial charge < -0.3 is 9.64 Å². The summed E-state index contributed by atoms with van der Waals surface area (Å²) in [6.07, 6.45) is 0. The lowest BCUT2D eigenvalue weighted by Gasteiger charge is -2.28. The van der Waals surface area contributed by atoms with Crippen LogP contribution in [0.5, 0.6) is 0 Å². The Morgan fingerprint density at radius 3 is 2.63 bits per heavy atom. The molecule has 3 aromatic rings. The molecule has 0 atom stereocenters. The molecule has 2 aliphatic rings. The van der Waals surface area contributed by atoms with Crippen LogP contribution in [-0.4, -0.2) is 55.9 Å². The molecule has 152 valence electrons. The number of rotatable bonds is 4. The van der Waals surface area contributed by atoms with Gasteiger partial charge in [0.2, 0.25) is 0 Å². The molecule has 5 nitrogen and oxygen atoms in total. The molecule has 0 aliphatic carbocycles. The first-order valence-corrected chi connectivity index (χ1v) is 10.6. The van der Waals surface area contributed by atoms with Crippen LogP contribution in [0.1, 0.15) is 5.56 Å². The monoisotopic (exact) mass is 419 g/mol. The van der Waals surface area contributed by atoms with Crippen molar-refractivity contribution in [2.75, 3.05) is 44.3 Å². The van der Waals surface area contributed by atoms with Gasteiger partial charge in [0.15, 0.2) is 0 Å².